The van der Waals surface area contributed by atoms with Crippen molar-refractivity contribution in [1.29, 1.82) is 0 Å². The van der Waals surface area contributed by atoms with Crippen LogP contribution >= 0.6 is 0 Å². The first-order chi connectivity index (χ1) is 6.71. The van der Waals surface area contributed by atoms with Crippen LogP contribution in [0.4, 0.5) is 0 Å². The van der Waals surface area contributed by atoms with Crippen LogP contribution in [0.1, 0.15) is 27.2 Å². The van der Waals surface area contributed by atoms with Gasteiger partial charge >= 0.3 is 5.97 Å². The predicted molar refractivity (Wildman–Crippen MR) is 56.6 cm³/mol. The van der Waals surface area contributed by atoms with Gasteiger partial charge in [-0.05, 0) is 18.8 Å². The van der Waals surface area contributed by atoms with Crippen molar-refractivity contribution in [3.8, 4) is 0 Å². The second-order valence-corrected chi connectivity index (χ2v) is 4.82. The van der Waals surface area contributed by atoms with Gasteiger partial charge in [0, 0.05) is 19.7 Å². The number of carboxylic acids is 1. The van der Waals surface area contributed by atoms with Crippen LogP contribution in [0, 0.1) is 5.41 Å². The molecule has 0 fully saturated rings. The molecule has 0 saturated heterocycles. The molecule has 0 spiro atoms. The van der Waals surface area contributed by atoms with E-state index < -0.39 is 11.6 Å². The topological polar surface area (TPSA) is 89.8 Å². The van der Waals surface area contributed by atoms with E-state index in [-0.39, 0.29) is 18.6 Å². The molecule has 90 valence electrons. The summed E-state index contributed by atoms with van der Waals surface area (Å²) >= 11 is 0. The molecule has 0 aliphatic heterocycles. The van der Waals surface area contributed by atoms with E-state index in [0.717, 1.165) is 0 Å². The van der Waals surface area contributed by atoms with Gasteiger partial charge in [-0.3, -0.25) is 0 Å². The molecule has 0 heterocycles. The molecule has 0 rings (SSSR count). The molecule has 5 nitrogen and oxygen atoms in total. The first kappa shape index (κ1) is 14.3. The van der Waals surface area contributed by atoms with Gasteiger partial charge < -0.3 is 20.6 Å². The van der Waals surface area contributed by atoms with Gasteiger partial charge in [0.05, 0.1) is 0 Å². The van der Waals surface area contributed by atoms with Crippen molar-refractivity contribution >= 4 is 5.97 Å². The maximum Gasteiger partial charge on any atom is 0.336 e. The SMILES string of the molecule is CC(C)(CCO)CNCC(C)(O)C(=O)O. The number of aliphatic hydroxyl groups is 2. The van der Waals surface area contributed by atoms with Crippen molar-refractivity contribution in [2.45, 2.75) is 32.8 Å². The van der Waals surface area contributed by atoms with Crippen molar-refractivity contribution < 1.29 is 20.1 Å². The highest BCUT2D eigenvalue weighted by Gasteiger charge is 2.30. The smallest absolute Gasteiger partial charge is 0.336 e. The van der Waals surface area contributed by atoms with E-state index in [0.29, 0.717) is 13.0 Å². The quantitative estimate of drug-likeness (QED) is 0.477. The summed E-state index contributed by atoms with van der Waals surface area (Å²) in [5.74, 6) is -1.24. The monoisotopic (exact) mass is 219 g/mol. The Bertz CT molecular complexity index is 213. The van der Waals surface area contributed by atoms with E-state index in [9.17, 15) is 9.90 Å². The van der Waals surface area contributed by atoms with E-state index in [4.69, 9.17) is 10.2 Å². The van der Waals surface area contributed by atoms with Crippen molar-refractivity contribution in [1.82, 2.24) is 5.32 Å². The fourth-order valence-electron chi connectivity index (χ4n) is 1.11. The van der Waals surface area contributed by atoms with Crippen LogP contribution in [0.25, 0.3) is 0 Å². The third-order valence-corrected chi connectivity index (χ3v) is 2.32. The fourth-order valence-corrected chi connectivity index (χ4v) is 1.11. The Morgan fingerprint density at radius 3 is 2.20 bits per heavy atom. The molecule has 1 atom stereocenters. The third-order valence-electron chi connectivity index (χ3n) is 2.32. The number of hydrogen-bond acceptors (Lipinski definition) is 4. The maximum absolute atomic E-state index is 10.6. The minimum absolute atomic E-state index is 0.00279. The second-order valence-electron chi connectivity index (χ2n) is 4.82. The summed E-state index contributed by atoms with van der Waals surface area (Å²) in [5, 5.41) is 29.7. The van der Waals surface area contributed by atoms with E-state index >= 15 is 0 Å². The van der Waals surface area contributed by atoms with E-state index in [1.54, 1.807) is 0 Å². The highest BCUT2D eigenvalue weighted by atomic mass is 16.4. The number of aliphatic carboxylic acids is 1. The summed E-state index contributed by atoms with van der Waals surface area (Å²) in [6.07, 6.45) is 0.634. The third kappa shape index (κ3) is 5.71. The Kier molecular flexibility index (Phi) is 5.20. The van der Waals surface area contributed by atoms with E-state index in [1.807, 2.05) is 13.8 Å². The van der Waals surface area contributed by atoms with Gasteiger partial charge in [-0.15, -0.1) is 0 Å². The van der Waals surface area contributed by atoms with Crippen molar-refractivity contribution in [2.75, 3.05) is 19.7 Å². The number of rotatable bonds is 7. The fraction of sp³-hybridized carbons (Fsp3) is 0.900. The largest absolute Gasteiger partial charge is 0.479 e. The van der Waals surface area contributed by atoms with Gasteiger partial charge in [0.2, 0.25) is 0 Å². The number of nitrogens with one attached hydrogen (secondary N) is 1. The minimum atomic E-state index is -1.74. The van der Waals surface area contributed by atoms with Crippen LogP contribution < -0.4 is 5.32 Å². The average Bonchev–Trinajstić information content (AvgIpc) is 2.02. The molecule has 0 bridgehead atoms. The van der Waals surface area contributed by atoms with Gasteiger partial charge in [-0.25, -0.2) is 4.79 Å². The normalized spacial score (nSPS) is 16.1. The predicted octanol–water partition coefficient (Wildman–Crippen LogP) is -0.180. The molecule has 0 aliphatic rings. The average molecular weight is 219 g/mol. The molecule has 4 N–H and O–H groups in total. The number of hydrogen-bond donors (Lipinski definition) is 4. The Labute approximate surface area is 90.1 Å². The molecule has 0 aromatic heterocycles. The first-order valence-corrected chi connectivity index (χ1v) is 4.99. The summed E-state index contributed by atoms with van der Waals surface area (Å²) in [7, 11) is 0. The molecule has 0 amide bonds. The summed E-state index contributed by atoms with van der Waals surface area (Å²) in [5.41, 5.74) is -1.85. The molecule has 0 aromatic carbocycles. The summed E-state index contributed by atoms with van der Waals surface area (Å²) < 4.78 is 0. The Morgan fingerprint density at radius 2 is 1.80 bits per heavy atom. The molecule has 15 heavy (non-hydrogen) atoms. The van der Waals surface area contributed by atoms with Crippen molar-refractivity contribution in [2.24, 2.45) is 5.41 Å². The zero-order valence-electron chi connectivity index (χ0n) is 9.58. The summed E-state index contributed by atoms with van der Waals surface area (Å²) in [4.78, 5) is 10.6. The summed E-state index contributed by atoms with van der Waals surface area (Å²) in [6.45, 7) is 5.83. The van der Waals surface area contributed by atoms with Crippen LogP contribution in [0.15, 0.2) is 0 Å². The number of aliphatic hydroxyl groups excluding tert-OH is 1. The minimum Gasteiger partial charge on any atom is -0.479 e. The molecule has 0 aliphatic carbocycles. The summed E-state index contributed by atoms with van der Waals surface area (Å²) in [6, 6.07) is 0. The van der Waals surface area contributed by atoms with E-state index in [2.05, 4.69) is 5.32 Å². The Morgan fingerprint density at radius 1 is 1.27 bits per heavy atom. The van der Waals surface area contributed by atoms with Gasteiger partial charge in [0.1, 0.15) is 0 Å². The van der Waals surface area contributed by atoms with Gasteiger partial charge in [-0.2, -0.15) is 0 Å². The van der Waals surface area contributed by atoms with E-state index in [1.165, 1.54) is 6.92 Å². The van der Waals surface area contributed by atoms with Crippen LogP contribution in [-0.2, 0) is 4.79 Å². The van der Waals surface area contributed by atoms with Crippen LogP contribution in [0.5, 0.6) is 0 Å². The van der Waals surface area contributed by atoms with Gasteiger partial charge in [0.15, 0.2) is 5.60 Å². The lowest BCUT2D eigenvalue weighted by atomic mass is 9.89. The van der Waals surface area contributed by atoms with Gasteiger partial charge in [0.25, 0.3) is 0 Å². The highest BCUT2D eigenvalue weighted by molar-refractivity contribution is 5.76. The molecule has 5 heteroatoms. The molecule has 0 radical (unpaired) electrons. The van der Waals surface area contributed by atoms with Crippen molar-refractivity contribution in [3.05, 3.63) is 0 Å². The maximum atomic E-state index is 10.6. The lowest BCUT2D eigenvalue weighted by Gasteiger charge is -2.26. The molecular formula is C10H21NO4. The molecule has 0 aromatic rings. The first-order valence-electron chi connectivity index (χ1n) is 4.99. The standard InChI is InChI=1S/C10H21NO4/c1-9(2,4-5-12)6-11-7-10(3,15)8(13)14/h11-12,15H,4-7H2,1-3H3,(H,13,14). The lowest BCUT2D eigenvalue weighted by molar-refractivity contribution is -0.156. The lowest BCUT2D eigenvalue weighted by Crippen LogP contribution is -2.46. The zero-order valence-corrected chi connectivity index (χ0v) is 9.58. The number of carboxylic acid groups (broad SMARTS) is 1. The van der Waals surface area contributed by atoms with Crippen LogP contribution in [0.2, 0.25) is 0 Å². The Hall–Kier alpha value is -0.650. The molecular weight excluding hydrogens is 198 g/mol. The zero-order chi connectivity index (χ0) is 12.1. The van der Waals surface area contributed by atoms with Gasteiger partial charge in [-0.1, -0.05) is 13.8 Å². The molecule has 0 saturated carbocycles. The number of carbonyl (C=O) groups is 1. The second kappa shape index (κ2) is 5.44. The Balaban J connectivity index is 3.93. The van der Waals surface area contributed by atoms with Crippen LogP contribution in [0.3, 0.4) is 0 Å². The highest BCUT2D eigenvalue weighted by Crippen LogP contribution is 2.18. The van der Waals surface area contributed by atoms with Crippen LogP contribution in [-0.4, -0.2) is 46.6 Å². The molecule has 1 unspecified atom stereocenters. The van der Waals surface area contributed by atoms with Crippen molar-refractivity contribution in [3.63, 3.8) is 0 Å².